The number of anilines is 1. The highest BCUT2D eigenvalue weighted by molar-refractivity contribution is 6.25. The van der Waals surface area contributed by atoms with E-state index < -0.39 is 6.04 Å². The van der Waals surface area contributed by atoms with Crippen LogP contribution in [0, 0.1) is 0 Å². The quantitative estimate of drug-likeness (QED) is 0.183. The first-order valence-electron chi connectivity index (χ1n) is 15.1. The zero-order valence-corrected chi connectivity index (χ0v) is 24.9. The lowest BCUT2D eigenvalue weighted by Crippen LogP contribution is -2.50. The van der Waals surface area contributed by atoms with Crippen LogP contribution in [0.15, 0.2) is 91.0 Å². The predicted octanol–water partition coefficient (Wildman–Crippen LogP) is 6.15. The molecule has 0 aliphatic carbocycles. The third kappa shape index (κ3) is 6.88. The number of unbranched alkanes of at least 4 members (excludes halogenated alkanes) is 1. The van der Waals surface area contributed by atoms with Gasteiger partial charge in [-0.05, 0) is 53.6 Å². The molecule has 7 nitrogen and oxygen atoms in total. The normalized spacial score (nSPS) is 12.8. The van der Waals surface area contributed by atoms with Crippen molar-refractivity contribution in [2.24, 2.45) is 0 Å². The lowest BCUT2D eigenvalue weighted by Gasteiger charge is -2.32. The minimum atomic E-state index is -0.690. The Morgan fingerprint density at radius 1 is 0.907 bits per heavy atom. The van der Waals surface area contributed by atoms with Crippen molar-refractivity contribution in [3.05, 3.63) is 108 Å². The summed E-state index contributed by atoms with van der Waals surface area (Å²) in [7, 11) is 1.61. The van der Waals surface area contributed by atoms with E-state index in [0.717, 1.165) is 40.4 Å². The topological polar surface area (TPSA) is 79.0 Å². The summed E-state index contributed by atoms with van der Waals surface area (Å²) < 4.78 is 5.43. The van der Waals surface area contributed by atoms with Gasteiger partial charge in [-0.25, -0.2) is 0 Å². The fraction of sp³-hybridized carbons (Fsp3) is 0.306. The first-order chi connectivity index (χ1) is 21.0. The third-order valence-electron chi connectivity index (χ3n) is 8.01. The molecule has 0 saturated heterocycles. The molecule has 7 heteroatoms. The van der Waals surface area contributed by atoms with Gasteiger partial charge in [0, 0.05) is 43.4 Å². The van der Waals surface area contributed by atoms with Gasteiger partial charge in [0.2, 0.25) is 11.8 Å². The van der Waals surface area contributed by atoms with E-state index in [9.17, 15) is 14.4 Å². The number of methoxy groups -OCH3 is 1. The molecule has 4 aromatic carbocycles. The number of ether oxygens (including phenoxy) is 1. The second kappa shape index (κ2) is 14.0. The molecular formula is C36H39N3O4. The maximum atomic E-state index is 14.0. The maximum absolute atomic E-state index is 14.0. The first-order valence-corrected chi connectivity index (χ1v) is 15.1. The van der Waals surface area contributed by atoms with Crippen LogP contribution < -0.4 is 15.0 Å². The molecule has 0 radical (unpaired) electrons. The molecule has 1 N–H and O–H groups in total. The van der Waals surface area contributed by atoms with E-state index >= 15 is 0 Å². The van der Waals surface area contributed by atoms with Crippen molar-refractivity contribution in [2.45, 2.75) is 51.6 Å². The molecule has 0 unspecified atom stereocenters. The smallest absolute Gasteiger partial charge is 0.258 e. The number of nitrogens with zero attached hydrogens (tertiary/aromatic N) is 2. The van der Waals surface area contributed by atoms with Crippen LogP contribution in [0.1, 0.15) is 54.1 Å². The van der Waals surface area contributed by atoms with Gasteiger partial charge in [-0.1, -0.05) is 80.1 Å². The van der Waals surface area contributed by atoms with E-state index in [1.165, 1.54) is 0 Å². The summed E-state index contributed by atoms with van der Waals surface area (Å²) in [5.41, 5.74) is 3.45. The SMILES string of the molecule is CCCCNC(=O)[C@@H](Cc1ccccc1)N(Cc1cccc(OC)c1)C(=O)CCCN1C(=O)c2cccc3cccc1c23. The molecule has 1 heterocycles. The summed E-state index contributed by atoms with van der Waals surface area (Å²) in [4.78, 5) is 44.5. The Morgan fingerprint density at radius 2 is 1.65 bits per heavy atom. The van der Waals surface area contributed by atoms with Gasteiger partial charge in [0.1, 0.15) is 11.8 Å². The number of carbonyl (C=O) groups excluding carboxylic acids is 3. The highest BCUT2D eigenvalue weighted by Crippen LogP contribution is 2.37. The minimum absolute atomic E-state index is 0.0373. The van der Waals surface area contributed by atoms with E-state index in [4.69, 9.17) is 4.74 Å². The fourth-order valence-electron chi connectivity index (χ4n) is 5.76. The molecular weight excluding hydrogens is 538 g/mol. The number of hydrogen-bond donors (Lipinski definition) is 1. The summed E-state index contributed by atoms with van der Waals surface area (Å²) in [6, 6.07) is 28.4. The van der Waals surface area contributed by atoms with Crippen LogP contribution in [0.4, 0.5) is 5.69 Å². The van der Waals surface area contributed by atoms with Gasteiger partial charge < -0.3 is 19.9 Å². The van der Waals surface area contributed by atoms with E-state index in [-0.39, 0.29) is 30.7 Å². The van der Waals surface area contributed by atoms with Crippen LogP contribution in [0.3, 0.4) is 0 Å². The van der Waals surface area contributed by atoms with E-state index in [0.29, 0.717) is 37.2 Å². The molecule has 5 rings (SSSR count). The third-order valence-corrected chi connectivity index (χ3v) is 8.01. The molecule has 222 valence electrons. The van der Waals surface area contributed by atoms with Gasteiger partial charge in [0.15, 0.2) is 0 Å². The molecule has 1 aliphatic rings. The zero-order valence-electron chi connectivity index (χ0n) is 24.9. The largest absolute Gasteiger partial charge is 0.497 e. The second-order valence-electron chi connectivity index (χ2n) is 11.0. The minimum Gasteiger partial charge on any atom is -0.497 e. The van der Waals surface area contributed by atoms with Gasteiger partial charge >= 0.3 is 0 Å². The van der Waals surface area contributed by atoms with Crippen LogP contribution in [0.25, 0.3) is 10.8 Å². The van der Waals surface area contributed by atoms with Gasteiger partial charge in [-0.15, -0.1) is 0 Å². The van der Waals surface area contributed by atoms with Gasteiger partial charge in [0.05, 0.1) is 12.8 Å². The van der Waals surface area contributed by atoms with Crippen LogP contribution in [-0.4, -0.2) is 48.9 Å². The van der Waals surface area contributed by atoms with Crippen molar-refractivity contribution in [1.82, 2.24) is 10.2 Å². The maximum Gasteiger partial charge on any atom is 0.258 e. The number of benzene rings is 4. The number of hydrogen-bond acceptors (Lipinski definition) is 4. The first kappa shape index (κ1) is 29.8. The van der Waals surface area contributed by atoms with E-state index in [1.54, 1.807) is 16.9 Å². The van der Waals surface area contributed by atoms with Crippen LogP contribution in [0.2, 0.25) is 0 Å². The molecule has 0 spiro atoms. The summed E-state index contributed by atoms with van der Waals surface area (Å²) in [5.74, 6) is 0.366. The van der Waals surface area contributed by atoms with Crippen molar-refractivity contribution >= 4 is 34.2 Å². The lowest BCUT2D eigenvalue weighted by atomic mass is 10.0. The van der Waals surface area contributed by atoms with Crippen molar-refractivity contribution < 1.29 is 19.1 Å². The highest BCUT2D eigenvalue weighted by Gasteiger charge is 2.32. The second-order valence-corrected chi connectivity index (χ2v) is 11.0. The fourth-order valence-corrected chi connectivity index (χ4v) is 5.76. The van der Waals surface area contributed by atoms with Crippen molar-refractivity contribution in [3.63, 3.8) is 0 Å². The van der Waals surface area contributed by atoms with Gasteiger partial charge in [-0.2, -0.15) is 0 Å². The van der Waals surface area contributed by atoms with Crippen LogP contribution in [-0.2, 0) is 22.6 Å². The van der Waals surface area contributed by atoms with Crippen LogP contribution >= 0.6 is 0 Å². The monoisotopic (exact) mass is 577 g/mol. The van der Waals surface area contributed by atoms with Gasteiger partial charge in [-0.3, -0.25) is 14.4 Å². The van der Waals surface area contributed by atoms with Gasteiger partial charge in [0.25, 0.3) is 5.91 Å². The molecule has 0 aromatic heterocycles. The predicted molar refractivity (Wildman–Crippen MR) is 170 cm³/mol. The Hall–Kier alpha value is -4.65. The number of carbonyl (C=O) groups is 3. The van der Waals surface area contributed by atoms with E-state index in [2.05, 4.69) is 12.2 Å². The molecule has 1 atom stereocenters. The Balaban J connectivity index is 1.37. The summed E-state index contributed by atoms with van der Waals surface area (Å²) >= 11 is 0. The zero-order chi connectivity index (χ0) is 30.2. The average Bonchev–Trinajstić information content (AvgIpc) is 3.31. The Labute approximate surface area is 253 Å². The summed E-state index contributed by atoms with van der Waals surface area (Å²) in [5, 5.41) is 5.06. The molecule has 1 aliphatic heterocycles. The highest BCUT2D eigenvalue weighted by atomic mass is 16.5. The number of nitrogens with one attached hydrogen (secondary N) is 1. The van der Waals surface area contributed by atoms with Crippen LogP contribution in [0.5, 0.6) is 5.75 Å². The summed E-state index contributed by atoms with van der Waals surface area (Å²) in [6.45, 7) is 3.32. The molecule has 0 bridgehead atoms. The number of amides is 3. The molecule has 0 fully saturated rings. The molecule has 4 aromatic rings. The summed E-state index contributed by atoms with van der Waals surface area (Å²) in [6.07, 6.45) is 2.90. The Bertz CT molecular complexity index is 1580. The van der Waals surface area contributed by atoms with Crippen molar-refractivity contribution in [1.29, 1.82) is 0 Å². The van der Waals surface area contributed by atoms with Crippen molar-refractivity contribution in [2.75, 3.05) is 25.1 Å². The van der Waals surface area contributed by atoms with Crippen molar-refractivity contribution in [3.8, 4) is 5.75 Å². The average molecular weight is 578 g/mol. The number of rotatable bonds is 14. The molecule has 0 saturated carbocycles. The standard InChI is InChI=1S/C36H39N3O4/c1-3-4-21-37-35(41)32(24-26-12-6-5-7-13-26)39(25-27-14-8-17-29(23-27)43-2)33(40)20-11-22-38-31-19-10-16-28-15-9-18-30(34(28)31)36(38)42/h5-10,12-19,23,32H,3-4,11,20-22,24-25H2,1-2H3,(H,37,41)/t32-/m1/s1. The Kier molecular flexibility index (Phi) is 9.72. The Morgan fingerprint density at radius 3 is 2.42 bits per heavy atom. The molecule has 43 heavy (non-hydrogen) atoms. The lowest BCUT2D eigenvalue weighted by molar-refractivity contribution is -0.141. The molecule has 3 amide bonds. The van der Waals surface area contributed by atoms with E-state index in [1.807, 2.05) is 91.0 Å².